The highest BCUT2D eigenvalue weighted by Crippen LogP contribution is 2.38. The normalized spacial score (nSPS) is 12.9. The molecule has 0 radical (unpaired) electrons. The Morgan fingerprint density at radius 3 is 2.63 bits per heavy atom. The highest BCUT2D eigenvalue weighted by molar-refractivity contribution is 7.16. The van der Waals surface area contributed by atoms with Crippen LogP contribution in [0.1, 0.15) is 27.1 Å². The second-order valence-electron chi connectivity index (χ2n) is 8.14. The van der Waals surface area contributed by atoms with E-state index in [4.69, 9.17) is 4.74 Å². The number of alkyl halides is 3. The number of hydrogen-bond donors (Lipinski definition) is 1. The molecule has 1 aromatic heterocycles. The lowest BCUT2D eigenvalue weighted by Gasteiger charge is -2.12. The van der Waals surface area contributed by atoms with Crippen LogP contribution in [0.4, 0.5) is 27.1 Å². The Morgan fingerprint density at radius 1 is 1.00 bits per heavy atom. The molecule has 0 spiro atoms. The number of nitrogens with one attached hydrogen (secondary N) is 1. The molecular weight excluding hydrogens is 483 g/mol. The number of hydrogen-bond acceptors (Lipinski definition) is 4. The zero-order valence-corrected chi connectivity index (χ0v) is 19.1. The third-order valence-electron chi connectivity index (χ3n) is 5.75. The fraction of sp³-hybridized carbons (Fsp3) is 0.192. The van der Waals surface area contributed by atoms with Crippen LogP contribution in [-0.2, 0) is 25.6 Å². The van der Waals surface area contributed by atoms with Gasteiger partial charge < -0.3 is 10.1 Å². The topological polar surface area (TPSA) is 34.2 Å². The van der Waals surface area contributed by atoms with Gasteiger partial charge in [0.25, 0.3) is 0 Å². The summed E-state index contributed by atoms with van der Waals surface area (Å²) in [7, 11) is 0. The molecule has 5 rings (SSSR count). The van der Waals surface area contributed by atoms with Gasteiger partial charge in [0.1, 0.15) is 17.4 Å². The summed E-state index contributed by atoms with van der Waals surface area (Å²) in [5.41, 5.74) is 1.62. The van der Waals surface area contributed by atoms with Gasteiger partial charge in [-0.1, -0.05) is 30.3 Å². The van der Waals surface area contributed by atoms with Crippen molar-refractivity contribution in [1.29, 1.82) is 0 Å². The van der Waals surface area contributed by atoms with Gasteiger partial charge in [0.2, 0.25) is 0 Å². The molecular formula is C26H19F5N2OS. The van der Waals surface area contributed by atoms with Gasteiger partial charge in [0.05, 0.1) is 17.9 Å². The highest BCUT2D eigenvalue weighted by atomic mass is 32.1. The maximum Gasteiger partial charge on any atom is 0.416 e. The quantitative estimate of drug-likeness (QED) is 0.282. The number of benzene rings is 3. The summed E-state index contributed by atoms with van der Waals surface area (Å²) < 4.78 is 74.3. The predicted molar refractivity (Wildman–Crippen MR) is 125 cm³/mol. The molecule has 3 aromatic carbocycles. The largest absolute Gasteiger partial charge is 0.493 e. The molecule has 1 aliphatic heterocycles. The smallest absolute Gasteiger partial charge is 0.416 e. The van der Waals surface area contributed by atoms with Crippen molar-refractivity contribution in [2.24, 2.45) is 0 Å². The van der Waals surface area contributed by atoms with Gasteiger partial charge >= 0.3 is 6.18 Å². The third-order valence-corrected chi connectivity index (χ3v) is 6.77. The van der Waals surface area contributed by atoms with E-state index in [9.17, 15) is 22.0 Å². The third kappa shape index (κ3) is 5.00. The van der Waals surface area contributed by atoms with Crippen molar-refractivity contribution in [2.45, 2.75) is 25.6 Å². The van der Waals surface area contributed by atoms with Crippen LogP contribution in [0.3, 0.4) is 0 Å². The van der Waals surface area contributed by atoms with E-state index in [0.717, 1.165) is 52.8 Å². The molecule has 1 N–H and O–H groups in total. The Bertz CT molecular complexity index is 1380. The first-order valence-corrected chi connectivity index (χ1v) is 11.7. The zero-order chi connectivity index (χ0) is 24.6. The summed E-state index contributed by atoms with van der Waals surface area (Å²) in [5, 5.41) is 3.62. The molecule has 0 saturated heterocycles. The number of halogens is 5. The molecule has 0 atom stereocenters. The Morgan fingerprint density at radius 2 is 1.83 bits per heavy atom. The summed E-state index contributed by atoms with van der Waals surface area (Å²) in [6, 6.07) is 14.2. The second-order valence-corrected chi connectivity index (χ2v) is 9.22. The number of rotatable bonds is 6. The Labute approximate surface area is 202 Å². The molecule has 0 fully saturated rings. The first-order chi connectivity index (χ1) is 16.8. The fourth-order valence-electron chi connectivity index (χ4n) is 4.09. The van der Waals surface area contributed by atoms with E-state index in [1.807, 2.05) is 18.2 Å². The Hall–Kier alpha value is -3.46. The van der Waals surface area contributed by atoms with Crippen LogP contribution in [0.2, 0.25) is 0 Å². The van der Waals surface area contributed by atoms with E-state index in [2.05, 4.69) is 10.3 Å². The van der Waals surface area contributed by atoms with E-state index in [1.165, 1.54) is 24.3 Å². The monoisotopic (exact) mass is 502 g/mol. The Balaban J connectivity index is 1.48. The van der Waals surface area contributed by atoms with Gasteiger partial charge in [-0.15, -0.1) is 11.3 Å². The number of fused-ring (bicyclic) bond motifs is 1. The number of anilines is 1. The molecule has 3 nitrogen and oxygen atoms in total. The van der Waals surface area contributed by atoms with Crippen molar-refractivity contribution in [3.8, 4) is 17.0 Å². The number of thiazole rings is 1. The zero-order valence-electron chi connectivity index (χ0n) is 18.3. The van der Waals surface area contributed by atoms with Crippen molar-refractivity contribution in [3.05, 3.63) is 99.4 Å². The summed E-state index contributed by atoms with van der Waals surface area (Å²) in [6.45, 7) is 1.07. The van der Waals surface area contributed by atoms with Crippen LogP contribution in [-0.4, -0.2) is 11.6 Å². The molecule has 0 unspecified atom stereocenters. The summed E-state index contributed by atoms with van der Waals surface area (Å²) in [6.07, 6.45) is -3.80. The molecule has 35 heavy (non-hydrogen) atoms. The van der Waals surface area contributed by atoms with E-state index >= 15 is 0 Å². The van der Waals surface area contributed by atoms with Crippen molar-refractivity contribution in [2.75, 3.05) is 11.9 Å². The SMILES string of the molecule is Fc1ccc(-c2nc(NCc3ccc4c(c3)CCO4)sc2Cc2ccccc2C(F)(F)F)c(F)c1. The number of aromatic nitrogens is 1. The van der Waals surface area contributed by atoms with Crippen molar-refractivity contribution >= 4 is 16.5 Å². The summed E-state index contributed by atoms with van der Waals surface area (Å²) >= 11 is 1.15. The molecule has 180 valence electrons. The minimum absolute atomic E-state index is 0.0323. The van der Waals surface area contributed by atoms with Gasteiger partial charge in [-0.2, -0.15) is 13.2 Å². The van der Waals surface area contributed by atoms with Gasteiger partial charge in [0, 0.05) is 35.9 Å². The average Bonchev–Trinajstić information content (AvgIpc) is 3.44. The Kier molecular flexibility index (Phi) is 6.19. The lowest BCUT2D eigenvalue weighted by molar-refractivity contribution is -0.138. The van der Waals surface area contributed by atoms with Crippen LogP contribution in [0.5, 0.6) is 5.75 Å². The van der Waals surface area contributed by atoms with Crippen molar-refractivity contribution < 1.29 is 26.7 Å². The highest BCUT2D eigenvalue weighted by Gasteiger charge is 2.33. The van der Waals surface area contributed by atoms with E-state index in [-0.39, 0.29) is 23.2 Å². The van der Waals surface area contributed by atoms with Gasteiger partial charge in [-0.05, 0) is 41.0 Å². The average molecular weight is 503 g/mol. The minimum Gasteiger partial charge on any atom is -0.493 e. The molecule has 0 amide bonds. The first-order valence-electron chi connectivity index (χ1n) is 10.9. The molecule has 2 heterocycles. The van der Waals surface area contributed by atoms with Crippen LogP contribution in [0.15, 0.2) is 60.7 Å². The molecule has 0 bridgehead atoms. The van der Waals surface area contributed by atoms with Gasteiger partial charge in [-0.25, -0.2) is 13.8 Å². The summed E-state index contributed by atoms with van der Waals surface area (Å²) in [5.74, 6) is -0.710. The van der Waals surface area contributed by atoms with E-state index in [0.29, 0.717) is 23.2 Å². The van der Waals surface area contributed by atoms with Crippen LogP contribution < -0.4 is 10.1 Å². The fourth-order valence-corrected chi connectivity index (χ4v) is 5.09. The van der Waals surface area contributed by atoms with Crippen LogP contribution in [0, 0.1) is 11.6 Å². The second kappa shape index (κ2) is 9.30. The maximum atomic E-state index is 14.6. The molecule has 0 saturated carbocycles. The molecule has 4 aromatic rings. The number of ether oxygens (including phenoxy) is 1. The van der Waals surface area contributed by atoms with Crippen LogP contribution in [0.25, 0.3) is 11.3 Å². The van der Waals surface area contributed by atoms with E-state index < -0.39 is 23.4 Å². The predicted octanol–water partition coefficient (Wildman–Crippen LogP) is 7.24. The lowest BCUT2D eigenvalue weighted by Crippen LogP contribution is -2.09. The lowest BCUT2D eigenvalue weighted by atomic mass is 10.0. The van der Waals surface area contributed by atoms with Crippen molar-refractivity contribution in [1.82, 2.24) is 4.98 Å². The maximum absolute atomic E-state index is 14.6. The van der Waals surface area contributed by atoms with Crippen molar-refractivity contribution in [3.63, 3.8) is 0 Å². The standard InChI is InChI=1S/C26H19F5N2OS/c27-18-6-7-19(21(28)13-18)24-23(12-16-3-1-2-4-20(16)26(29,30)31)35-25(33-24)32-14-15-5-8-22-17(11-15)9-10-34-22/h1-8,11,13H,9-10,12,14H2,(H,32,33). The van der Waals surface area contributed by atoms with Crippen LogP contribution >= 0.6 is 11.3 Å². The number of nitrogens with zero attached hydrogens (tertiary/aromatic N) is 1. The summed E-state index contributed by atoms with van der Waals surface area (Å²) in [4.78, 5) is 4.93. The van der Waals surface area contributed by atoms with E-state index in [1.54, 1.807) is 0 Å². The molecule has 0 aliphatic carbocycles. The van der Waals surface area contributed by atoms with Gasteiger partial charge in [-0.3, -0.25) is 0 Å². The molecule has 9 heteroatoms. The van der Waals surface area contributed by atoms with Gasteiger partial charge in [0.15, 0.2) is 5.13 Å². The molecule has 1 aliphatic rings. The minimum atomic E-state index is -4.53. The first kappa shape index (κ1) is 23.3.